The summed E-state index contributed by atoms with van der Waals surface area (Å²) in [6.07, 6.45) is 8.46. The van der Waals surface area contributed by atoms with Gasteiger partial charge in [0.25, 0.3) is 0 Å². The van der Waals surface area contributed by atoms with Crippen LogP contribution in [0.2, 0.25) is 0 Å². The third kappa shape index (κ3) is 5.90. The molecule has 3 aliphatic rings. The molecule has 38 heavy (non-hydrogen) atoms. The number of fused-ring (bicyclic) bond motifs is 2. The lowest BCUT2D eigenvalue weighted by atomic mass is 9.73. The minimum atomic E-state index is -0.642. The molecule has 2 aromatic rings. The lowest BCUT2D eigenvalue weighted by Crippen LogP contribution is -2.56. The van der Waals surface area contributed by atoms with E-state index in [0.717, 1.165) is 61.1 Å². The Balaban J connectivity index is 1.41. The number of benzene rings is 2. The van der Waals surface area contributed by atoms with E-state index in [4.69, 9.17) is 18.9 Å². The van der Waals surface area contributed by atoms with Crippen molar-refractivity contribution in [3.05, 3.63) is 71.0 Å². The van der Waals surface area contributed by atoms with Gasteiger partial charge in [0, 0.05) is 51.9 Å². The number of rotatable bonds is 12. The highest BCUT2D eigenvalue weighted by Gasteiger charge is 2.52. The van der Waals surface area contributed by atoms with Gasteiger partial charge in [-0.05, 0) is 67.1 Å². The summed E-state index contributed by atoms with van der Waals surface area (Å²) in [5.41, 5.74) is 3.90. The first-order chi connectivity index (χ1) is 18.6. The van der Waals surface area contributed by atoms with Crippen LogP contribution in [-0.4, -0.2) is 64.0 Å². The second-order valence-corrected chi connectivity index (χ2v) is 10.5. The molecule has 7 nitrogen and oxygen atoms in total. The van der Waals surface area contributed by atoms with E-state index in [-0.39, 0.29) is 17.9 Å². The van der Waals surface area contributed by atoms with Gasteiger partial charge in [0.15, 0.2) is 0 Å². The molecule has 0 aromatic heterocycles. The quantitative estimate of drug-likeness (QED) is 0.421. The van der Waals surface area contributed by atoms with Crippen LogP contribution in [-0.2, 0) is 37.6 Å². The van der Waals surface area contributed by atoms with Crippen molar-refractivity contribution >= 4 is 12.0 Å². The summed E-state index contributed by atoms with van der Waals surface area (Å²) in [7, 11) is 3.40. The van der Waals surface area contributed by atoms with Crippen LogP contribution in [0, 0.1) is 5.92 Å². The van der Waals surface area contributed by atoms with E-state index in [1.54, 1.807) is 20.5 Å². The molecule has 0 radical (unpaired) electrons. The molecule has 7 heteroatoms. The van der Waals surface area contributed by atoms with Gasteiger partial charge in [0.05, 0.1) is 18.8 Å². The Morgan fingerprint density at radius 3 is 2.71 bits per heavy atom. The Morgan fingerprint density at radius 2 is 1.89 bits per heavy atom. The minimum absolute atomic E-state index is 0.163. The first-order valence-corrected chi connectivity index (χ1v) is 13.8. The molecule has 2 aliphatic heterocycles. The molecule has 1 amide bonds. The average molecular weight is 521 g/mol. The van der Waals surface area contributed by atoms with Gasteiger partial charge in [-0.2, -0.15) is 0 Å². The maximum absolute atomic E-state index is 14.4. The number of carbonyl (C=O) groups is 1. The average Bonchev–Trinajstić information content (AvgIpc) is 3.78. The van der Waals surface area contributed by atoms with Crippen LogP contribution in [0.4, 0.5) is 0 Å². The molecule has 2 fully saturated rings. The Kier molecular flexibility index (Phi) is 8.67. The van der Waals surface area contributed by atoms with Crippen LogP contribution >= 0.6 is 0 Å². The van der Waals surface area contributed by atoms with Crippen molar-refractivity contribution in [1.29, 1.82) is 0 Å². The van der Waals surface area contributed by atoms with Gasteiger partial charge in [0.2, 0.25) is 5.91 Å². The highest BCUT2D eigenvalue weighted by atomic mass is 16.5. The van der Waals surface area contributed by atoms with Crippen molar-refractivity contribution in [2.24, 2.45) is 5.92 Å². The van der Waals surface area contributed by atoms with Crippen LogP contribution in [0.3, 0.4) is 0 Å². The van der Waals surface area contributed by atoms with Gasteiger partial charge < -0.3 is 29.2 Å². The van der Waals surface area contributed by atoms with Gasteiger partial charge in [-0.15, -0.1) is 0 Å². The molecule has 2 heterocycles. The van der Waals surface area contributed by atoms with Gasteiger partial charge in [-0.1, -0.05) is 30.3 Å². The summed E-state index contributed by atoms with van der Waals surface area (Å²) in [6, 6.07) is 15.0. The highest BCUT2D eigenvalue weighted by Crippen LogP contribution is 2.45. The number of aryl methyl sites for hydroxylation is 1. The van der Waals surface area contributed by atoms with Crippen molar-refractivity contribution in [3.63, 3.8) is 0 Å². The number of amides is 1. The Morgan fingerprint density at radius 1 is 1.08 bits per heavy atom. The fourth-order valence-electron chi connectivity index (χ4n) is 5.81. The number of hydrogen-bond acceptors (Lipinski definition) is 6. The van der Waals surface area contributed by atoms with E-state index < -0.39 is 5.60 Å². The van der Waals surface area contributed by atoms with E-state index in [1.807, 2.05) is 18.2 Å². The Labute approximate surface area is 226 Å². The fraction of sp³-hybridized carbons (Fsp3) is 0.516. The number of nitrogens with zero attached hydrogens (tertiary/aromatic N) is 1. The largest absolute Gasteiger partial charge is 0.491 e. The first kappa shape index (κ1) is 26.7. The molecule has 204 valence electrons. The molecule has 2 atom stereocenters. The third-order valence-corrected chi connectivity index (χ3v) is 7.85. The molecule has 1 aliphatic carbocycles. The summed E-state index contributed by atoms with van der Waals surface area (Å²) in [6.45, 7) is 3.72. The zero-order valence-corrected chi connectivity index (χ0v) is 22.6. The summed E-state index contributed by atoms with van der Waals surface area (Å²) < 4.78 is 22.8. The minimum Gasteiger partial charge on any atom is -0.491 e. The molecule has 1 saturated carbocycles. The standard InChI is InChI=1S/C31H40N2O5/c1-35-14-5-6-23-18-24(20-27(19-23)37-17-16-36-2)22-33(26-9-10-26)30(34)29-21-32-13-12-31(29)28-8-4-3-7-25(28)11-15-38-31/h3-4,7-8,11,15,18-20,26,29,32H,5-6,9-10,12-14,16-17,21-22H2,1-2H3/t29-,31?/m1/s1. The van der Waals surface area contributed by atoms with E-state index in [2.05, 4.69) is 40.5 Å². The lowest BCUT2D eigenvalue weighted by molar-refractivity contribution is -0.151. The first-order valence-electron chi connectivity index (χ1n) is 13.8. The van der Waals surface area contributed by atoms with Gasteiger partial charge >= 0.3 is 0 Å². The molecular weight excluding hydrogens is 480 g/mol. The smallest absolute Gasteiger partial charge is 0.231 e. The maximum atomic E-state index is 14.4. The molecule has 1 spiro atoms. The van der Waals surface area contributed by atoms with Crippen molar-refractivity contribution in [2.75, 3.05) is 47.1 Å². The molecular formula is C31H40N2O5. The van der Waals surface area contributed by atoms with Crippen molar-refractivity contribution in [3.8, 4) is 5.75 Å². The monoisotopic (exact) mass is 520 g/mol. The predicted octanol–water partition coefficient (Wildman–Crippen LogP) is 4.29. The maximum Gasteiger partial charge on any atom is 0.231 e. The van der Waals surface area contributed by atoms with Crippen LogP contribution < -0.4 is 10.1 Å². The summed E-state index contributed by atoms with van der Waals surface area (Å²) >= 11 is 0. The number of hydrogen-bond donors (Lipinski definition) is 1. The second kappa shape index (κ2) is 12.3. The molecule has 1 saturated heterocycles. The number of carbonyl (C=O) groups excluding carboxylic acids is 1. The van der Waals surface area contributed by atoms with Crippen LogP contribution in [0.15, 0.2) is 48.7 Å². The molecule has 2 aromatic carbocycles. The third-order valence-electron chi connectivity index (χ3n) is 7.85. The molecule has 1 unspecified atom stereocenters. The van der Waals surface area contributed by atoms with E-state index in [1.165, 1.54) is 5.56 Å². The van der Waals surface area contributed by atoms with Crippen LogP contribution in [0.25, 0.3) is 6.08 Å². The summed E-state index contributed by atoms with van der Waals surface area (Å²) in [5.74, 6) is 0.683. The van der Waals surface area contributed by atoms with Crippen molar-refractivity contribution in [1.82, 2.24) is 10.2 Å². The van der Waals surface area contributed by atoms with Gasteiger partial charge in [0.1, 0.15) is 18.0 Å². The van der Waals surface area contributed by atoms with Gasteiger partial charge in [-0.25, -0.2) is 0 Å². The van der Waals surface area contributed by atoms with Crippen LogP contribution in [0.5, 0.6) is 5.75 Å². The Hall–Kier alpha value is -2.87. The lowest BCUT2D eigenvalue weighted by Gasteiger charge is -2.46. The zero-order valence-electron chi connectivity index (χ0n) is 22.6. The topological polar surface area (TPSA) is 69.3 Å². The molecule has 5 rings (SSSR count). The number of nitrogens with one attached hydrogen (secondary N) is 1. The predicted molar refractivity (Wildman–Crippen MR) is 147 cm³/mol. The van der Waals surface area contributed by atoms with Gasteiger partial charge in [-0.3, -0.25) is 4.79 Å². The summed E-state index contributed by atoms with van der Waals surface area (Å²) in [5, 5.41) is 3.48. The van der Waals surface area contributed by atoms with E-state index >= 15 is 0 Å². The Bertz CT molecular complexity index is 1100. The van der Waals surface area contributed by atoms with Crippen LogP contribution in [0.1, 0.15) is 47.9 Å². The number of piperidine rings is 1. The van der Waals surface area contributed by atoms with E-state index in [0.29, 0.717) is 32.9 Å². The highest BCUT2D eigenvalue weighted by molar-refractivity contribution is 5.82. The number of methoxy groups -OCH3 is 2. The van der Waals surface area contributed by atoms with E-state index in [9.17, 15) is 4.79 Å². The van der Waals surface area contributed by atoms with Crippen molar-refractivity contribution < 1.29 is 23.7 Å². The normalized spacial score (nSPS) is 22.1. The summed E-state index contributed by atoms with van der Waals surface area (Å²) in [4.78, 5) is 16.5. The fourth-order valence-corrected chi connectivity index (χ4v) is 5.81. The SMILES string of the molecule is COCCCc1cc(CN(C(=O)[C@H]2CNCCC23OC=Cc2ccccc23)C2CC2)cc(OCCOC)c1. The van der Waals surface area contributed by atoms with Crippen molar-refractivity contribution in [2.45, 2.75) is 50.3 Å². The second-order valence-electron chi connectivity index (χ2n) is 10.5. The number of ether oxygens (including phenoxy) is 4. The zero-order chi connectivity index (χ0) is 26.4. The molecule has 0 bridgehead atoms. The molecule has 1 N–H and O–H groups in total.